The molecule has 0 spiro atoms. The summed E-state index contributed by atoms with van der Waals surface area (Å²) in [6.45, 7) is -2.78. The fourth-order valence-electron chi connectivity index (χ4n) is 1.45. The van der Waals surface area contributed by atoms with Crippen molar-refractivity contribution in [2.24, 2.45) is 0 Å². The molecule has 0 unspecified atom stereocenters. The minimum atomic E-state index is -2.78. The number of benzene rings is 1. The van der Waals surface area contributed by atoms with Crippen molar-refractivity contribution in [3.8, 4) is 0 Å². The first-order valence-corrected chi connectivity index (χ1v) is 5.11. The molecular weight excluding hydrogens is 284 g/mol. The van der Waals surface area contributed by atoms with Crippen molar-refractivity contribution in [2.45, 2.75) is 6.55 Å². The molecule has 0 atom stereocenters. The number of alkyl halides is 2. The molecule has 16 heavy (non-hydrogen) atoms. The summed E-state index contributed by atoms with van der Waals surface area (Å²) < 4.78 is 28.0. The minimum absolute atomic E-state index is 0.0345. The highest BCUT2D eigenvalue weighted by molar-refractivity contribution is 9.08. The maximum Gasteiger partial charge on any atom is 0.333 e. The van der Waals surface area contributed by atoms with Gasteiger partial charge in [0.1, 0.15) is 0 Å². The molecule has 0 radical (unpaired) electrons. The Morgan fingerprint density at radius 1 is 1.44 bits per heavy atom. The molecule has 0 aliphatic rings. The molecule has 2 rings (SSSR count). The van der Waals surface area contributed by atoms with Crippen LogP contribution in [0.25, 0.3) is 10.9 Å². The maximum absolute atomic E-state index is 12.6. The highest BCUT2D eigenvalue weighted by atomic mass is 79.9. The second-order valence-electron chi connectivity index (χ2n) is 3.01. The Kier molecular flexibility index (Phi) is 2.86. The van der Waals surface area contributed by atoms with Crippen LogP contribution < -0.4 is 4.34 Å². The largest absolute Gasteiger partial charge is 0.333 e. The number of hydrogen-bond donors (Lipinski definition) is 1. The summed E-state index contributed by atoms with van der Waals surface area (Å²) in [5.41, 5.74) is 0.191. The molecule has 84 valence electrons. The minimum Gasteiger partial charge on any atom is -0.287 e. The summed E-state index contributed by atoms with van der Waals surface area (Å²) in [6.07, 6.45) is 0. The van der Waals surface area contributed by atoms with E-state index in [1.54, 1.807) is 18.2 Å². The van der Waals surface area contributed by atoms with Crippen molar-refractivity contribution in [1.82, 2.24) is 14.1 Å². The van der Waals surface area contributed by atoms with Gasteiger partial charge in [-0.2, -0.15) is 13.9 Å². The number of nitrogens with one attached hydrogen (secondary N) is 1. The van der Waals surface area contributed by atoms with Crippen LogP contribution in [0.1, 0.15) is 17.0 Å². The zero-order valence-electron chi connectivity index (χ0n) is 7.82. The molecule has 0 bridgehead atoms. The van der Waals surface area contributed by atoms with Crippen molar-refractivity contribution < 1.29 is 13.6 Å². The summed E-state index contributed by atoms with van der Waals surface area (Å²) in [4.78, 5) is 11.4. The van der Waals surface area contributed by atoms with E-state index in [0.29, 0.717) is 10.1 Å². The molecule has 1 aromatic heterocycles. The average Bonchev–Trinajstić information content (AvgIpc) is 2.67. The number of nitrogens with zero attached hydrogens (tertiary/aromatic N) is 2. The lowest BCUT2D eigenvalue weighted by molar-refractivity contribution is 0.0608. The van der Waals surface area contributed by atoms with Crippen molar-refractivity contribution in [2.75, 3.05) is 0 Å². The van der Waals surface area contributed by atoms with E-state index in [9.17, 15) is 13.6 Å². The lowest BCUT2D eigenvalue weighted by atomic mass is 10.2. The quantitative estimate of drug-likeness (QED) is 0.864. The van der Waals surface area contributed by atoms with Gasteiger partial charge in [-0.1, -0.05) is 18.2 Å². The molecule has 1 N–H and O–H groups in total. The normalized spacial score (nSPS) is 11.0. The van der Waals surface area contributed by atoms with Gasteiger partial charge in [-0.05, 0) is 6.07 Å². The SMILES string of the molecule is O=C(NBr)c1nn(C(F)F)c2ccccc12. The van der Waals surface area contributed by atoms with E-state index in [1.807, 2.05) is 0 Å². The summed E-state index contributed by atoms with van der Waals surface area (Å²) in [5.74, 6) is -0.560. The van der Waals surface area contributed by atoms with Crippen molar-refractivity contribution in [3.05, 3.63) is 30.0 Å². The zero-order valence-corrected chi connectivity index (χ0v) is 9.41. The Labute approximate surface area is 97.6 Å². The Bertz CT molecular complexity index is 541. The molecule has 2 aromatic rings. The van der Waals surface area contributed by atoms with Crippen molar-refractivity contribution in [1.29, 1.82) is 0 Å². The standard InChI is InChI=1S/C9H6BrF2N3O/c10-13-8(16)7-5-3-1-2-4-6(5)15(14-7)9(11)12/h1-4,9H,(H,13,16). The van der Waals surface area contributed by atoms with Gasteiger partial charge in [-0.25, -0.2) is 4.68 Å². The number of hydrogen-bond acceptors (Lipinski definition) is 2. The zero-order chi connectivity index (χ0) is 11.7. The van der Waals surface area contributed by atoms with Crippen LogP contribution in [0.2, 0.25) is 0 Å². The smallest absolute Gasteiger partial charge is 0.287 e. The van der Waals surface area contributed by atoms with Crippen LogP contribution >= 0.6 is 16.1 Å². The lowest BCUT2D eigenvalue weighted by Gasteiger charge is -1.98. The van der Waals surface area contributed by atoms with Crippen LogP contribution in [0.15, 0.2) is 24.3 Å². The predicted molar refractivity (Wildman–Crippen MR) is 57.4 cm³/mol. The number of para-hydroxylation sites is 1. The van der Waals surface area contributed by atoms with Crippen LogP contribution in [-0.2, 0) is 0 Å². The van der Waals surface area contributed by atoms with Gasteiger partial charge in [0, 0.05) is 21.5 Å². The fraction of sp³-hybridized carbons (Fsp3) is 0.111. The van der Waals surface area contributed by atoms with E-state index >= 15 is 0 Å². The fourth-order valence-corrected chi connectivity index (χ4v) is 1.64. The maximum atomic E-state index is 12.6. The van der Waals surface area contributed by atoms with Crippen LogP contribution in [0.4, 0.5) is 8.78 Å². The van der Waals surface area contributed by atoms with E-state index in [4.69, 9.17) is 0 Å². The van der Waals surface area contributed by atoms with Gasteiger partial charge in [0.05, 0.1) is 5.52 Å². The van der Waals surface area contributed by atoms with Crippen molar-refractivity contribution in [3.63, 3.8) is 0 Å². The Hall–Kier alpha value is -1.50. The monoisotopic (exact) mass is 289 g/mol. The van der Waals surface area contributed by atoms with Crippen LogP contribution in [0.5, 0.6) is 0 Å². The molecular formula is C9H6BrF2N3O. The average molecular weight is 290 g/mol. The summed E-state index contributed by atoms with van der Waals surface area (Å²) >= 11 is 2.75. The van der Waals surface area contributed by atoms with Gasteiger partial charge in [-0.3, -0.25) is 9.14 Å². The summed E-state index contributed by atoms with van der Waals surface area (Å²) in [6, 6.07) is 6.32. The first kappa shape index (κ1) is 11.0. The number of rotatable bonds is 2. The van der Waals surface area contributed by atoms with Crippen LogP contribution in [0.3, 0.4) is 0 Å². The van der Waals surface area contributed by atoms with Gasteiger partial charge in [-0.15, -0.1) is 0 Å². The van der Waals surface area contributed by atoms with E-state index in [2.05, 4.69) is 25.6 Å². The lowest BCUT2D eigenvalue weighted by Crippen LogP contribution is -2.13. The second-order valence-corrected chi connectivity index (χ2v) is 3.41. The first-order chi connectivity index (χ1) is 7.65. The van der Waals surface area contributed by atoms with E-state index in [0.717, 1.165) is 0 Å². The van der Waals surface area contributed by atoms with E-state index in [1.165, 1.54) is 6.07 Å². The third-order valence-corrected chi connectivity index (χ3v) is 2.46. The van der Waals surface area contributed by atoms with Gasteiger partial charge < -0.3 is 0 Å². The third-order valence-electron chi connectivity index (χ3n) is 2.10. The number of aromatic nitrogens is 2. The van der Waals surface area contributed by atoms with Crippen LogP contribution in [0, 0.1) is 0 Å². The molecule has 0 fully saturated rings. The molecule has 1 aromatic carbocycles. The Balaban J connectivity index is 2.71. The number of carbonyl (C=O) groups is 1. The first-order valence-electron chi connectivity index (χ1n) is 4.31. The van der Waals surface area contributed by atoms with E-state index in [-0.39, 0.29) is 11.2 Å². The van der Waals surface area contributed by atoms with Crippen LogP contribution in [-0.4, -0.2) is 15.7 Å². The molecule has 1 heterocycles. The molecule has 0 saturated carbocycles. The Morgan fingerprint density at radius 2 is 2.12 bits per heavy atom. The van der Waals surface area contributed by atoms with Gasteiger partial charge >= 0.3 is 6.55 Å². The number of halogens is 3. The third kappa shape index (κ3) is 1.67. The van der Waals surface area contributed by atoms with Gasteiger partial charge in [0.2, 0.25) is 0 Å². The number of carbonyl (C=O) groups excluding carboxylic acids is 1. The highest BCUT2D eigenvalue weighted by Gasteiger charge is 2.19. The second kappa shape index (κ2) is 4.17. The molecule has 4 nitrogen and oxygen atoms in total. The Morgan fingerprint density at radius 3 is 2.75 bits per heavy atom. The van der Waals surface area contributed by atoms with Gasteiger partial charge in [0.25, 0.3) is 5.91 Å². The molecule has 1 amide bonds. The molecule has 0 aliphatic heterocycles. The highest BCUT2D eigenvalue weighted by Crippen LogP contribution is 2.23. The van der Waals surface area contributed by atoms with E-state index < -0.39 is 12.5 Å². The molecule has 0 aliphatic carbocycles. The van der Waals surface area contributed by atoms with Gasteiger partial charge in [0.15, 0.2) is 5.69 Å². The summed E-state index contributed by atoms with van der Waals surface area (Å²) in [5, 5.41) is 3.97. The molecule has 7 heteroatoms. The predicted octanol–water partition coefficient (Wildman–Crippen LogP) is 2.47. The number of fused-ring (bicyclic) bond motifs is 1. The van der Waals surface area contributed by atoms with Crippen molar-refractivity contribution >= 4 is 33.0 Å². The topological polar surface area (TPSA) is 46.9 Å². The number of amides is 1. The summed E-state index contributed by atoms with van der Waals surface area (Å²) in [7, 11) is 0. The molecule has 0 saturated heterocycles.